The van der Waals surface area contributed by atoms with Crippen molar-refractivity contribution in [3.8, 4) is 0 Å². The lowest BCUT2D eigenvalue weighted by atomic mass is 9.88. The maximum absolute atomic E-state index is 12.7. The average Bonchev–Trinajstić information content (AvgIpc) is 3.10. The molecule has 2 aromatic rings. The first-order chi connectivity index (χ1) is 14.8. The zero-order chi connectivity index (χ0) is 22.5. The van der Waals surface area contributed by atoms with E-state index in [0.717, 1.165) is 29.7 Å². The Bertz CT molecular complexity index is 994. The molecule has 0 bridgehead atoms. The molecule has 8 heteroatoms. The van der Waals surface area contributed by atoms with Crippen LogP contribution in [0, 0.1) is 5.92 Å². The zero-order valence-corrected chi connectivity index (χ0v) is 18.5. The minimum Gasteiger partial charge on any atom is -0.462 e. The number of hydrogen-bond donors (Lipinski definition) is 1. The Morgan fingerprint density at radius 2 is 1.94 bits per heavy atom. The van der Waals surface area contributed by atoms with E-state index in [0.29, 0.717) is 28.3 Å². The van der Waals surface area contributed by atoms with Gasteiger partial charge in [0, 0.05) is 10.4 Å². The fraction of sp³-hybridized carbons (Fsp3) is 0.391. The van der Waals surface area contributed by atoms with E-state index < -0.39 is 23.9 Å². The Morgan fingerprint density at radius 3 is 2.58 bits per heavy atom. The molecule has 1 aromatic heterocycles. The summed E-state index contributed by atoms with van der Waals surface area (Å²) >= 11 is 1.38. The number of carbonyl (C=O) groups is 4. The molecule has 1 aliphatic rings. The Kier molecular flexibility index (Phi) is 7.22. The number of anilines is 1. The Balaban J connectivity index is 1.74. The van der Waals surface area contributed by atoms with E-state index in [-0.39, 0.29) is 12.2 Å². The maximum atomic E-state index is 12.7. The summed E-state index contributed by atoms with van der Waals surface area (Å²) in [7, 11) is 0. The summed E-state index contributed by atoms with van der Waals surface area (Å²) < 4.78 is 10.5. The molecular formula is C23H25NO6S. The van der Waals surface area contributed by atoms with Crippen molar-refractivity contribution in [1.82, 2.24) is 0 Å². The van der Waals surface area contributed by atoms with Crippen LogP contribution in [0.5, 0.6) is 0 Å². The van der Waals surface area contributed by atoms with Crippen LogP contribution in [0.25, 0.3) is 0 Å². The van der Waals surface area contributed by atoms with Crippen molar-refractivity contribution in [1.29, 1.82) is 0 Å². The van der Waals surface area contributed by atoms with Gasteiger partial charge in [-0.25, -0.2) is 9.59 Å². The quantitative estimate of drug-likeness (QED) is 0.512. The third-order valence-electron chi connectivity index (χ3n) is 5.16. The molecule has 7 nitrogen and oxygen atoms in total. The van der Waals surface area contributed by atoms with Gasteiger partial charge in [-0.3, -0.25) is 9.59 Å². The Labute approximate surface area is 184 Å². The summed E-state index contributed by atoms with van der Waals surface area (Å²) in [4.78, 5) is 49.4. The summed E-state index contributed by atoms with van der Waals surface area (Å²) in [5.74, 6) is -1.15. The van der Waals surface area contributed by atoms with Crippen LogP contribution in [-0.2, 0) is 27.1 Å². The molecule has 1 aliphatic carbocycles. The molecule has 1 heterocycles. The fourth-order valence-electron chi connectivity index (χ4n) is 3.45. The van der Waals surface area contributed by atoms with Gasteiger partial charge in [0.2, 0.25) is 0 Å². The monoisotopic (exact) mass is 443 g/mol. The molecule has 3 rings (SSSR count). The third kappa shape index (κ3) is 5.19. The van der Waals surface area contributed by atoms with Crippen molar-refractivity contribution < 1.29 is 28.7 Å². The summed E-state index contributed by atoms with van der Waals surface area (Å²) in [5.41, 5.74) is 2.02. The number of thiophene rings is 1. The van der Waals surface area contributed by atoms with Gasteiger partial charge >= 0.3 is 11.9 Å². The second-order valence-electron chi connectivity index (χ2n) is 7.55. The molecule has 0 saturated heterocycles. The maximum Gasteiger partial charge on any atom is 0.341 e. The van der Waals surface area contributed by atoms with Gasteiger partial charge < -0.3 is 14.8 Å². The van der Waals surface area contributed by atoms with E-state index in [1.165, 1.54) is 42.5 Å². The first kappa shape index (κ1) is 22.7. The minimum absolute atomic E-state index is 0.234. The topological polar surface area (TPSA) is 98.8 Å². The average molecular weight is 444 g/mol. The number of hydrogen-bond acceptors (Lipinski definition) is 7. The van der Waals surface area contributed by atoms with E-state index >= 15 is 0 Å². The van der Waals surface area contributed by atoms with Crippen molar-refractivity contribution in [3.05, 3.63) is 51.4 Å². The summed E-state index contributed by atoms with van der Waals surface area (Å²) in [6.45, 7) is 5.60. The molecule has 164 valence electrons. The highest BCUT2D eigenvalue weighted by Crippen LogP contribution is 2.40. The molecule has 0 aliphatic heterocycles. The van der Waals surface area contributed by atoms with Gasteiger partial charge in [0.05, 0.1) is 17.7 Å². The molecule has 0 saturated carbocycles. The van der Waals surface area contributed by atoms with Gasteiger partial charge in [-0.05, 0) is 56.7 Å². The summed E-state index contributed by atoms with van der Waals surface area (Å²) in [6, 6.07) is 5.92. The lowest BCUT2D eigenvalue weighted by Gasteiger charge is -2.18. The van der Waals surface area contributed by atoms with Gasteiger partial charge in [0.25, 0.3) is 5.91 Å². The number of nitrogens with one attached hydrogen (secondary N) is 1. The molecule has 2 atom stereocenters. The number of carbonyl (C=O) groups excluding carboxylic acids is 4. The number of esters is 2. The van der Waals surface area contributed by atoms with Crippen LogP contribution in [0.4, 0.5) is 5.00 Å². The standard InChI is InChI=1S/C23H25NO6S/c1-4-29-23(28)19-17-10-5-13(2)11-18(17)31-21(19)24-20(26)14(3)30-22(27)16-8-6-15(12-25)7-9-16/h6-9,12-14H,4-5,10-11H2,1-3H3,(H,24,26). The molecule has 2 unspecified atom stereocenters. The SMILES string of the molecule is CCOC(=O)c1c(NC(=O)C(C)OC(=O)c2ccc(C=O)cc2)sc2c1CCC(C)C2. The van der Waals surface area contributed by atoms with Crippen LogP contribution in [0.1, 0.15) is 68.7 Å². The number of amides is 1. The van der Waals surface area contributed by atoms with Crippen LogP contribution in [-0.4, -0.2) is 36.8 Å². The predicted octanol–water partition coefficient (Wildman–Crippen LogP) is 4.05. The van der Waals surface area contributed by atoms with Gasteiger partial charge in [-0.2, -0.15) is 0 Å². The van der Waals surface area contributed by atoms with Gasteiger partial charge in [0.15, 0.2) is 6.10 Å². The highest BCUT2D eigenvalue weighted by atomic mass is 32.1. The first-order valence-corrected chi connectivity index (χ1v) is 11.0. The van der Waals surface area contributed by atoms with Gasteiger partial charge in [-0.15, -0.1) is 11.3 Å². The Hall–Kier alpha value is -3.00. The summed E-state index contributed by atoms with van der Waals surface area (Å²) in [6.07, 6.45) is 2.18. The van der Waals surface area contributed by atoms with Crippen molar-refractivity contribution in [2.45, 2.75) is 46.1 Å². The smallest absolute Gasteiger partial charge is 0.341 e. The number of rotatable bonds is 7. The van der Waals surface area contributed by atoms with Crippen LogP contribution < -0.4 is 5.32 Å². The largest absolute Gasteiger partial charge is 0.462 e. The van der Waals surface area contributed by atoms with Crippen LogP contribution in [0.2, 0.25) is 0 Å². The van der Waals surface area contributed by atoms with Crippen molar-refractivity contribution in [3.63, 3.8) is 0 Å². The lowest BCUT2D eigenvalue weighted by molar-refractivity contribution is -0.123. The van der Waals surface area contributed by atoms with Gasteiger partial charge in [0.1, 0.15) is 11.3 Å². The van der Waals surface area contributed by atoms with Crippen molar-refractivity contribution in [2.24, 2.45) is 5.92 Å². The second kappa shape index (κ2) is 9.87. The van der Waals surface area contributed by atoms with Crippen LogP contribution in [0.15, 0.2) is 24.3 Å². The van der Waals surface area contributed by atoms with E-state index in [2.05, 4.69) is 12.2 Å². The molecule has 0 spiro atoms. The molecule has 31 heavy (non-hydrogen) atoms. The second-order valence-corrected chi connectivity index (χ2v) is 8.66. The van der Waals surface area contributed by atoms with Crippen molar-refractivity contribution in [2.75, 3.05) is 11.9 Å². The summed E-state index contributed by atoms with van der Waals surface area (Å²) in [5, 5.41) is 3.18. The van der Waals surface area contributed by atoms with Crippen LogP contribution >= 0.6 is 11.3 Å². The zero-order valence-electron chi connectivity index (χ0n) is 17.7. The number of ether oxygens (including phenoxy) is 2. The fourth-order valence-corrected chi connectivity index (χ4v) is 4.85. The number of fused-ring (bicyclic) bond motifs is 1. The molecule has 1 amide bonds. The van der Waals surface area contributed by atoms with E-state index in [1.807, 2.05) is 0 Å². The van der Waals surface area contributed by atoms with Crippen molar-refractivity contribution >= 4 is 40.5 Å². The highest BCUT2D eigenvalue weighted by molar-refractivity contribution is 7.17. The Morgan fingerprint density at radius 1 is 1.23 bits per heavy atom. The minimum atomic E-state index is -1.08. The first-order valence-electron chi connectivity index (χ1n) is 10.2. The van der Waals surface area contributed by atoms with Crippen LogP contribution in [0.3, 0.4) is 0 Å². The predicted molar refractivity (Wildman–Crippen MR) is 117 cm³/mol. The number of aldehydes is 1. The number of benzene rings is 1. The van der Waals surface area contributed by atoms with Gasteiger partial charge in [-0.1, -0.05) is 19.1 Å². The third-order valence-corrected chi connectivity index (χ3v) is 6.33. The normalized spacial score (nSPS) is 16.0. The van der Waals surface area contributed by atoms with E-state index in [4.69, 9.17) is 9.47 Å². The molecule has 1 aromatic carbocycles. The highest BCUT2D eigenvalue weighted by Gasteiger charge is 2.30. The lowest BCUT2D eigenvalue weighted by Crippen LogP contribution is -2.30. The van der Waals surface area contributed by atoms with E-state index in [1.54, 1.807) is 6.92 Å². The molecule has 1 N–H and O–H groups in total. The molecule has 0 fully saturated rings. The molecular weight excluding hydrogens is 418 g/mol. The molecule has 0 radical (unpaired) electrons. The van der Waals surface area contributed by atoms with E-state index in [9.17, 15) is 19.2 Å².